The number of piperidine rings is 2. The topological polar surface area (TPSA) is 122 Å². The molecule has 0 spiro atoms. The van der Waals surface area contributed by atoms with Crippen LogP contribution in [0.1, 0.15) is 71.2 Å². The van der Waals surface area contributed by atoms with Crippen LogP contribution < -0.4 is 10.1 Å². The molecule has 2 atom stereocenters. The van der Waals surface area contributed by atoms with Crippen molar-refractivity contribution in [3.63, 3.8) is 0 Å². The van der Waals surface area contributed by atoms with E-state index < -0.39 is 11.9 Å². The molecule has 5 rings (SSSR count). The lowest BCUT2D eigenvalue weighted by Gasteiger charge is -2.35. The number of aromatic nitrogens is 1. The number of benzene rings is 1. The summed E-state index contributed by atoms with van der Waals surface area (Å²) in [7, 11) is 0. The van der Waals surface area contributed by atoms with Gasteiger partial charge in [-0.25, -0.2) is 4.98 Å². The molecule has 4 heterocycles. The number of oxazole rings is 1. The standard InChI is InChI=1S/C25H28N4O6/c1-2-20-22(26-14-35-20)25(33)28-10-4-3-5-16(28)13-34-17-6-7-18-15(11-17)12-29(24(18)32)19-8-9-21(30)27-23(19)31/h6-7,11,14,16,19H,2-5,8-10,12-13H2,1H3,(H,27,30,31)/t16-,19?/m0/s1. The van der Waals surface area contributed by atoms with Gasteiger partial charge in [0.05, 0.1) is 6.04 Å². The number of carbonyl (C=O) groups excluding carboxylic acids is 4. The fourth-order valence-electron chi connectivity index (χ4n) is 5.11. The molecule has 1 aromatic carbocycles. The summed E-state index contributed by atoms with van der Waals surface area (Å²) < 4.78 is 11.4. The number of carbonyl (C=O) groups is 4. The number of hydrogen-bond donors (Lipinski definition) is 1. The van der Waals surface area contributed by atoms with E-state index in [1.54, 1.807) is 12.1 Å². The largest absolute Gasteiger partial charge is 0.491 e. The number of ether oxygens (including phenoxy) is 1. The molecule has 184 valence electrons. The van der Waals surface area contributed by atoms with Crippen LogP contribution in [-0.4, -0.2) is 63.6 Å². The van der Waals surface area contributed by atoms with Crippen molar-refractivity contribution in [2.45, 2.75) is 64.1 Å². The first-order valence-corrected chi connectivity index (χ1v) is 12.1. The fraction of sp³-hybridized carbons (Fsp3) is 0.480. The Kier molecular flexibility index (Phi) is 6.27. The lowest BCUT2D eigenvalue weighted by atomic mass is 10.0. The SMILES string of the molecule is CCc1ocnc1C(=O)N1CCCC[C@H]1COc1ccc2c(c1)CN(C1CCC(=O)NC1=O)C2=O. The monoisotopic (exact) mass is 480 g/mol. The van der Waals surface area contributed by atoms with Gasteiger partial charge < -0.3 is 19.0 Å². The predicted octanol–water partition coefficient (Wildman–Crippen LogP) is 2.07. The van der Waals surface area contributed by atoms with Crippen LogP contribution in [0.15, 0.2) is 29.0 Å². The molecular weight excluding hydrogens is 452 g/mol. The second-order valence-corrected chi connectivity index (χ2v) is 9.16. The molecule has 10 nitrogen and oxygen atoms in total. The zero-order chi connectivity index (χ0) is 24.5. The van der Waals surface area contributed by atoms with E-state index in [0.29, 0.717) is 48.8 Å². The van der Waals surface area contributed by atoms with E-state index in [-0.39, 0.29) is 36.7 Å². The third kappa shape index (κ3) is 4.40. The van der Waals surface area contributed by atoms with Crippen molar-refractivity contribution in [1.29, 1.82) is 0 Å². The van der Waals surface area contributed by atoms with Gasteiger partial charge in [-0.05, 0) is 49.4 Å². The van der Waals surface area contributed by atoms with Crippen molar-refractivity contribution in [2.24, 2.45) is 0 Å². The van der Waals surface area contributed by atoms with E-state index in [0.717, 1.165) is 24.8 Å². The van der Waals surface area contributed by atoms with Crippen molar-refractivity contribution in [3.8, 4) is 5.75 Å². The first-order valence-electron chi connectivity index (χ1n) is 12.1. The van der Waals surface area contributed by atoms with E-state index in [1.165, 1.54) is 11.3 Å². The van der Waals surface area contributed by atoms with Gasteiger partial charge in [-0.1, -0.05) is 6.92 Å². The average molecular weight is 481 g/mol. The molecule has 2 saturated heterocycles. The molecule has 3 aliphatic heterocycles. The van der Waals surface area contributed by atoms with Crippen LogP contribution in [0.5, 0.6) is 5.75 Å². The molecule has 0 radical (unpaired) electrons. The quantitative estimate of drug-likeness (QED) is 0.628. The zero-order valence-corrected chi connectivity index (χ0v) is 19.6. The number of nitrogens with zero attached hydrogens (tertiary/aromatic N) is 3. The molecule has 10 heteroatoms. The van der Waals surface area contributed by atoms with Crippen molar-refractivity contribution in [1.82, 2.24) is 20.1 Å². The van der Waals surface area contributed by atoms with Gasteiger partial charge in [-0.3, -0.25) is 24.5 Å². The summed E-state index contributed by atoms with van der Waals surface area (Å²) in [6.45, 7) is 3.18. The molecule has 0 bridgehead atoms. The van der Waals surface area contributed by atoms with Crippen molar-refractivity contribution in [3.05, 3.63) is 47.2 Å². The van der Waals surface area contributed by atoms with E-state index in [1.807, 2.05) is 17.9 Å². The van der Waals surface area contributed by atoms with Crippen molar-refractivity contribution < 1.29 is 28.3 Å². The van der Waals surface area contributed by atoms with E-state index in [9.17, 15) is 19.2 Å². The molecule has 4 amide bonds. The van der Waals surface area contributed by atoms with Gasteiger partial charge in [0, 0.05) is 31.5 Å². The van der Waals surface area contributed by atoms with Crippen LogP contribution in [0.2, 0.25) is 0 Å². The van der Waals surface area contributed by atoms with Gasteiger partial charge in [0.25, 0.3) is 11.8 Å². The third-order valence-electron chi connectivity index (χ3n) is 6.99. The van der Waals surface area contributed by atoms with Crippen LogP contribution >= 0.6 is 0 Å². The van der Waals surface area contributed by atoms with E-state index in [2.05, 4.69) is 10.3 Å². The maximum Gasteiger partial charge on any atom is 0.276 e. The van der Waals surface area contributed by atoms with Crippen LogP contribution in [0, 0.1) is 0 Å². The molecule has 35 heavy (non-hydrogen) atoms. The highest BCUT2D eigenvalue weighted by molar-refractivity contribution is 6.05. The number of imide groups is 1. The fourth-order valence-corrected chi connectivity index (χ4v) is 5.11. The Morgan fingerprint density at radius 3 is 2.89 bits per heavy atom. The first-order chi connectivity index (χ1) is 17.0. The van der Waals surface area contributed by atoms with Crippen LogP contribution in [0.25, 0.3) is 0 Å². The van der Waals surface area contributed by atoms with Gasteiger partial charge >= 0.3 is 0 Å². The normalized spacial score (nSPS) is 22.3. The van der Waals surface area contributed by atoms with Crippen molar-refractivity contribution >= 4 is 23.6 Å². The molecule has 1 aromatic heterocycles. The van der Waals surface area contributed by atoms with Crippen LogP contribution in [-0.2, 0) is 22.6 Å². The summed E-state index contributed by atoms with van der Waals surface area (Å²) >= 11 is 0. The van der Waals surface area contributed by atoms with Crippen molar-refractivity contribution in [2.75, 3.05) is 13.2 Å². The smallest absolute Gasteiger partial charge is 0.276 e. The summed E-state index contributed by atoms with van der Waals surface area (Å²) in [4.78, 5) is 57.2. The summed E-state index contributed by atoms with van der Waals surface area (Å²) in [5, 5.41) is 2.31. The number of nitrogens with one attached hydrogen (secondary N) is 1. The van der Waals surface area contributed by atoms with Crippen LogP contribution in [0.3, 0.4) is 0 Å². The molecule has 1 N–H and O–H groups in total. The number of likely N-dealkylation sites (tertiary alicyclic amines) is 1. The highest BCUT2D eigenvalue weighted by atomic mass is 16.5. The molecule has 0 aliphatic carbocycles. The molecule has 2 fully saturated rings. The van der Waals surface area contributed by atoms with Gasteiger partial charge in [-0.15, -0.1) is 0 Å². The van der Waals surface area contributed by atoms with Crippen LogP contribution in [0.4, 0.5) is 0 Å². The Morgan fingerprint density at radius 2 is 2.09 bits per heavy atom. The summed E-state index contributed by atoms with van der Waals surface area (Å²) in [5.74, 6) is 0.0993. The summed E-state index contributed by atoms with van der Waals surface area (Å²) in [6, 6.07) is 4.54. The lowest BCUT2D eigenvalue weighted by Crippen LogP contribution is -2.52. The minimum absolute atomic E-state index is 0.0903. The summed E-state index contributed by atoms with van der Waals surface area (Å²) in [5.41, 5.74) is 1.68. The Hall–Kier alpha value is -3.69. The maximum atomic E-state index is 13.1. The summed E-state index contributed by atoms with van der Waals surface area (Å²) in [6.07, 6.45) is 5.22. The highest BCUT2D eigenvalue weighted by Crippen LogP contribution is 2.30. The molecule has 1 unspecified atom stereocenters. The number of rotatable bonds is 6. The number of fused-ring (bicyclic) bond motifs is 1. The number of amides is 4. The van der Waals surface area contributed by atoms with Gasteiger partial charge in [0.2, 0.25) is 11.8 Å². The Bertz CT molecular complexity index is 1170. The highest BCUT2D eigenvalue weighted by Gasteiger charge is 2.39. The number of hydrogen-bond acceptors (Lipinski definition) is 7. The number of aryl methyl sites for hydroxylation is 1. The second kappa shape index (κ2) is 9.52. The molecular formula is C25H28N4O6. The Balaban J connectivity index is 1.26. The molecule has 0 saturated carbocycles. The maximum absolute atomic E-state index is 13.1. The molecule has 2 aromatic rings. The first kappa shape index (κ1) is 23.1. The Labute approximate surface area is 202 Å². The average Bonchev–Trinajstić information content (AvgIpc) is 3.47. The van der Waals surface area contributed by atoms with E-state index in [4.69, 9.17) is 9.15 Å². The van der Waals surface area contributed by atoms with E-state index >= 15 is 0 Å². The Morgan fingerprint density at radius 1 is 1.23 bits per heavy atom. The second-order valence-electron chi connectivity index (χ2n) is 9.16. The lowest BCUT2D eigenvalue weighted by molar-refractivity contribution is -0.136. The third-order valence-corrected chi connectivity index (χ3v) is 6.99. The van der Waals surface area contributed by atoms with Gasteiger partial charge in [-0.2, -0.15) is 0 Å². The predicted molar refractivity (Wildman–Crippen MR) is 123 cm³/mol. The van der Waals surface area contributed by atoms with Gasteiger partial charge in [0.15, 0.2) is 12.1 Å². The minimum atomic E-state index is -0.650. The molecule has 3 aliphatic rings. The minimum Gasteiger partial charge on any atom is -0.491 e. The zero-order valence-electron chi connectivity index (χ0n) is 19.6. The van der Waals surface area contributed by atoms with Gasteiger partial charge in [0.1, 0.15) is 24.2 Å².